The zero-order valence-corrected chi connectivity index (χ0v) is 21.8. The van der Waals surface area contributed by atoms with Crippen molar-refractivity contribution < 1.29 is 36.3 Å². The van der Waals surface area contributed by atoms with Gasteiger partial charge in [0.05, 0.1) is 16.2 Å². The smallest absolute Gasteiger partial charge is 0.416 e. The van der Waals surface area contributed by atoms with Gasteiger partial charge in [0.15, 0.2) is 9.84 Å². The van der Waals surface area contributed by atoms with Crippen LogP contribution < -0.4 is 10.2 Å². The van der Waals surface area contributed by atoms with E-state index in [1.165, 1.54) is 24.3 Å². The van der Waals surface area contributed by atoms with Crippen molar-refractivity contribution in [2.75, 3.05) is 17.2 Å². The molecule has 2 N–H and O–H groups in total. The molecule has 2 atom stereocenters. The van der Waals surface area contributed by atoms with E-state index in [0.717, 1.165) is 17.7 Å². The van der Waals surface area contributed by atoms with Crippen LogP contribution in [0.2, 0.25) is 0 Å². The fourth-order valence-electron chi connectivity index (χ4n) is 4.61. The van der Waals surface area contributed by atoms with Gasteiger partial charge in [0.2, 0.25) is 0 Å². The number of sulfone groups is 1. The van der Waals surface area contributed by atoms with Crippen LogP contribution in [-0.2, 0) is 27.4 Å². The molecule has 4 rings (SSSR count). The summed E-state index contributed by atoms with van der Waals surface area (Å²) in [5, 5.41) is 12.5. The first kappa shape index (κ1) is 28.2. The fourth-order valence-corrected chi connectivity index (χ4v) is 5.50. The van der Waals surface area contributed by atoms with Crippen LogP contribution >= 0.6 is 0 Å². The Morgan fingerprint density at radius 1 is 0.974 bits per heavy atom. The Hall–Kier alpha value is -3.86. The van der Waals surface area contributed by atoms with Gasteiger partial charge < -0.3 is 15.3 Å². The Balaban J connectivity index is 1.41. The highest BCUT2D eigenvalue weighted by Gasteiger charge is 2.38. The van der Waals surface area contributed by atoms with Crippen molar-refractivity contribution in [2.45, 2.75) is 42.9 Å². The first-order valence-corrected chi connectivity index (χ1v) is 13.9. The van der Waals surface area contributed by atoms with E-state index in [2.05, 4.69) is 5.32 Å². The van der Waals surface area contributed by atoms with Crippen LogP contribution in [0.5, 0.6) is 0 Å². The molecule has 0 aliphatic carbocycles. The summed E-state index contributed by atoms with van der Waals surface area (Å²) in [6.45, 7) is 2.06. The molecule has 1 heterocycles. The van der Waals surface area contributed by atoms with E-state index in [4.69, 9.17) is 0 Å². The van der Waals surface area contributed by atoms with Crippen molar-refractivity contribution in [2.24, 2.45) is 0 Å². The Bertz CT molecular complexity index is 1440. The number of benzene rings is 3. The van der Waals surface area contributed by atoms with E-state index < -0.39 is 33.6 Å². The van der Waals surface area contributed by atoms with Gasteiger partial charge in [0.25, 0.3) is 5.91 Å². The molecule has 0 saturated carbocycles. The maximum atomic E-state index is 12.9. The summed E-state index contributed by atoms with van der Waals surface area (Å²) in [5.41, 5.74) is 1.54. The first-order valence-electron chi connectivity index (χ1n) is 12.3. The van der Waals surface area contributed by atoms with Gasteiger partial charge in [-0.1, -0.05) is 31.2 Å². The summed E-state index contributed by atoms with van der Waals surface area (Å²) in [6.07, 6.45) is -4.21. The number of carboxylic acids is 1. The standard InChI is InChI=1S/C28H27F3N2O5S/c1-2-39(37,38)24-13-3-18(4-14-24)16-32-26(34)20-7-11-23(12-8-20)33-17-21(15-25(33)27(35)36)19-5-9-22(10-6-19)28(29,30)31/h3-14,21,25H,2,15-17H2,1H3,(H,32,34)(H,35,36)/t21?,25-/m0/s1. The summed E-state index contributed by atoms with van der Waals surface area (Å²) in [7, 11) is -3.31. The Morgan fingerprint density at radius 3 is 2.13 bits per heavy atom. The number of alkyl halides is 3. The second-order valence-electron chi connectivity index (χ2n) is 9.34. The quantitative estimate of drug-likeness (QED) is 0.407. The molecule has 3 aromatic rings. The molecule has 3 aromatic carbocycles. The number of hydrogen-bond acceptors (Lipinski definition) is 5. The monoisotopic (exact) mass is 560 g/mol. The topological polar surface area (TPSA) is 104 Å². The van der Waals surface area contributed by atoms with Crippen molar-refractivity contribution in [3.05, 3.63) is 95.1 Å². The Kier molecular flexibility index (Phi) is 8.01. The Labute approximate surface area is 224 Å². The second-order valence-corrected chi connectivity index (χ2v) is 11.6. The number of nitrogens with zero attached hydrogens (tertiary/aromatic N) is 1. The third-order valence-corrected chi connectivity index (χ3v) is 8.62. The molecule has 1 unspecified atom stereocenters. The van der Waals surface area contributed by atoms with Crippen LogP contribution in [0, 0.1) is 0 Å². The van der Waals surface area contributed by atoms with Gasteiger partial charge in [-0.2, -0.15) is 13.2 Å². The lowest BCUT2D eigenvalue weighted by atomic mass is 9.95. The van der Waals surface area contributed by atoms with Gasteiger partial charge in [0, 0.05) is 30.3 Å². The van der Waals surface area contributed by atoms with E-state index in [0.29, 0.717) is 23.4 Å². The highest BCUT2D eigenvalue weighted by atomic mass is 32.2. The molecule has 0 spiro atoms. The summed E-state index contributed by atoms with van der Waals surface area (Å²) in [5.74, 6) is -1.66. The molecule has 0 radical (unpaired) electrons. The second kappa shape index (κ2) is 11.1. The van der Waals surface area contributed by atoms with Crippen molar-refractivity contribution in [1.82, 2.24) is 5.32 Å². The number of nitrogens with one attached hydrogen (secondary N) is 1. The molecular formula is C28H27F3N2O5S. The van der Waals surface area contributed by atoms with Crippen LogP contribution in [0.25, 0.3) is 0 Å². The number of aliphatic carboxylic acids is 1. The van der Waals surface area contributed by atoms with Crippen molar-refractivity contribution >= 4 is 27.4 Å². The Morgan fingerprint density at radius 2 is 1.59 bits per heavy atom. The number of hydrogen-bond donors (Lipinski definition) is 2. The maximum Gasteiger partial charge on any atom is 0.416 e. The first-order chi connectivity index (χ1) is 18.4. The molecular weight excluding hydrogens is 533 g/mol. The zero-order valence-electron chi connectivity index (χ0n) is 21.0. The lowest BCUT2D eigenvalue weighted by Gasteiger charge is -2.24. The summed E-state index contributed by atoms with van der Waals surface area (Å²) in [4.78, 5) is 26.5. The lowest BCUT2D eigenvalue weighted by Crippen LogP contribution is -2.35. The molecule has 11 heteroatoms. The number of amides is 1. The van der Waals surface area contributed by atoms with Crippen molar-refractivity contribution in [1.29, 1.82) is 0 Å². The van der Waals surface area contributed by atoms with E-state index in [-0.39, 0.29) is 35.4 Å². The number of carboxylic acid groups (broad SMARTS) is 1. The largest absolute Gasteiger partial charge is 0.480 e. The lowest BCUT2D eigenvalue weighted by molar-refractivity contribution is -0.138. The molecule has 0 bridgehead atoms. The molecule has 7 nitrogen and oxygen atoms in total. The van der Waals surface area contributed by atoms with Crippen LogP contribution in [-0.4, -0.2) is 43.7 Å². The molecule has 39 heavy (non-hydrogen) atoms. The number of anilines is 1. The average Bonchev–Trinajstić information content (AvgIpc) is 3.38. The number of halogens is 3. The fraction of sp³-hybridized carbons (Fsp3) is 0.286. The zero-order chi connectivity index (χ0) is 28.4. The van der Waals surface area contributed by atoms with Crippen molar-refractivity contribution in [3.63, 3.8) is 0 Å². The minimum Gasteiger partial charge on any atom is -0.480 e. The van der Waals surface area contributed by atoms with Gasteiger partial charge >= 0.3 is 12.1 Å². The summed E-state index contributed by atoms with van der Waals surface area (Å²) in [6, 6.07) is 16.6. The van der Waals surface area contributed by atoms with E-state index in [1.807, 2.05) is 0 Å². The highest BCUT2D eigenvalue weighted by molar-refractivity contribution is 7.91. The van der Waals surface area contributed by atoms with Crippen LogP contribution in [0.1, 0.15) is 46.3 Å². The predicted octanol–water partition coefficient (Wildman–Crippen LogP) is 4.88. The summed E-state index contributed by atoms with van der Waals surface area (Å²) >= 11 is 0. The van der Waals surface area contributed by atoms with E-state index in [1.54, 1.807) is 48.2 Å². The summed E-state index contributed by atoms with van der Waals surface area (Å²) < 4.78 is 62.6. The van der Waals surface area contributed by atoms with Crippen LogP contribution in [0.4, 0.5) is 18.9 Å². The molecule has 1 saturated heterocycles. The minimum atomic E-state index is -4.44. The van der Waals surface area contributed by atoms with E-state index >= 15 is 0 Å². The molecule has 1 amide bonds. The average molecular weight is 561 g/mol. The normalized spacial score (nSPS) is 17.7. The maximum absolute atomic E-state index is 12.9. The third kappa shape index (κ3) is 6.42. The molecule has 0 aromatic heterocycles. The molecule has 206 valence electrons. The van der Waals surface area contributed by atoms with Gasteiger partial charge in [-0.3, -0.25) is 4.79 Å². The highest BCUT2D eigenvalue weighted by Crippen LogP contribution is 2.37. The third-order valence-electron chi connectivity index (χ3n) is 6.87. The molecule has 1 fully saturated rings. The number of carbonyl (C=O) groups excluding carboxylic acids is 1. The predicted molar refractivity (Wildman–Crippen MR) is 139 cm³/mol. The van der Waals surface area contributed by atoms with Gasteiger partial charge in [-0.05, 0) is 66.1 Å². The number of carbonyl (C=O) groups is 2. The van der Waals surface area contributed by atoms with Gasteiger partial charge in [-0.15, -0.1) is 0 Å². The van der Waals surface area contributed by atoms with Crippen LogP contribution in [0.3, 0.4) is 0 Å². The van der Waals surface area contributed by atoms with Crippen LogP contribution in [0.15, 0.2) is 77.7 Å². The minimum absolute atomic E-state index is 0.000566. The SMILES string of the molecule is CCS(=O)(=O)c1ccc(CNC(=O)c2ccc(N3CC(c4ccc(C(F)(F)F)cc4)C[C@H]3C(=O)O)cc2)cc1. The van der Waals surface area contributed by atoms with Gasteiger partial charge in [-0.25, -0.2) is 13.2 Å². The molecule has 1 aliphatic heterocycles. The van der Waals surface area contributed by atoms with E-state index in [9.17, 15) is 36.3 Å². The molecule has 1 aliphatic rings. The van der Waals surface area contributed by atoms with Crippen molar-refractivity contribution in [3.8, 4) is 0 Å². The number of rotatable bonds is 8. The van der Waals surface area contributed by atoms with Gasteiger partial charge in [0.1, 0.15) is 6.04 Å².